The maximum Gasteiger partial charge on any atom is 0.161 e. The summed E-state index contributed by atoms with van der Waals surface area (Å²) in [4.78, 5) is 0. The number of ether oxygens (including phenoxy) is 3. The van der Waals surface area contributed by atoms with Gasteiger partial charge in [-0.05, 0) is 31.5 Å². The van der Waals surface area contributed by atoms with Crippen molar-refractivity contribution in [2.24, 2.45) is 0 Å². The Morgan fingerprint density at radius 3 is 2.67 bits per heavy atom. The molecule has 4 nitrogen and oxygen atoms in total. The molecule has 0 saturated carbocycles. The largest absolute Gasteiger partial charge is 0.490 e. The molecule has 18 heavy (non-hydrogen) atoms. The van der Waals surface area contributed by atoms with Crippen molar-refractivity contribution < 1.29 is 19.3 Å². The van der Waals surface area contributed by atoms with Gasteiger partial charge in [-0.2, -0.15) is 0 Å². The fraction of sp³-hybridized carbons (Fsp3) is 0.571. The Kier molecular flexibility index (Phi) is 4.44. The standard InChI is InChI=1S/C14H20O4/c1-10(2)18-9-12(15)11-4-5-13-14(8-11)17-7-3-6-16-13/h4-5,8,10,12,15H,3,6-7,9H2,1-2H3. The van der Waals surface area contributed by atoms with Crippen molar-refractivity contribution in [2.45, 2.75) is 32.5 Å². The molecule has 0 fully saturated rings. The van der Waals surface area contributed by atoms with Gasteiger partial charge in [0.05, 0.1) is 25.9 Å². The number of benzene rings is 1. The molecular weight excluding hydrogens is 232 g/mol. The van der Waals surface area contributed by atoms with Gasteiger partial charge in [0, 0.05) is 6.42 Å². The van der Waals surface area contributed by atoms with Crippen molar-refractivity contribution in [1.82, 2.24) is 0 Å². The first-order valence-electron chi connectivity index (χ1n) is 6.36. The van der Waals surface area contributed by atoms with E-state index in [0.717, 1.165) is 17.7 Å². The number of hydrogen-bond donors (Lipinski definition) is 1. The summed E-state index contributed by atoms with van der Waals surface area (Å²) >= 11 is 0. The van der Waals surface area contributed by atoms with Crippen molar-refractivity contribution in [2.75, 3.05) is 19.8 Å². The van der Waals surface area contributed by atoms with Crippen molar-refractivity contribution in [3.05, 3.63) is 23.8 Å². The van der Waals surface area contributed by atoms with Gasteiger partial charge in [0.25, 0.3) is 0 Å². The van der Waals surface area contributed by atoms with Crippen LogP contribution in [0.3, 0.4) is 0 Å². The molecule has 0 bridgehead atoms. The highest BCUT2D eigenvalue weighted by Gasteiger charge is 2.15. The molecule has 1 aromatic rings. The van der Waals surface area contributed by atoms with Crippen LogP contribution in [0.25, 0.3) is 0 Å². The zero-order valence-corrected chi connectivity index (χ0v) is 10.9. The van der Waals surface area contributed by atoms with Crippen LogP contribution in [0.1, 0.15) is 31.9 Å². The minimum atomic E-state index is -0.635. The first kappa shape index (κ1) is 13.2. The van der Waals surface area contributed by atoms with E-state index in [9.17, 15) is 5.11 Å². The van der Waals surface area contributed by atoms with Crippen LogP contribution < -0.4 is 9.47 Å². The van der Waals surface area contributed by atoms with E-state index in [-0.39, 0.29) is 12.7 Å². The smallest absolute Gasteiger partial charge is 0.161 e. The monoisotopic (exact) mass is 252 g/mol. The first-order chi connectivity index (χ1) is 8.66. The summed E-state index contributed by atoms with van der Waals surface area (Å²) in [6, 6.07) is 5.52. The van der Waals surface area contributed by atoms with E-state index in [1.54, 1.807) is 0 Å². The zero-order chi connectivity index (χ0) is 13.0. The Labute approximate surface area is 107 Å². The number of aliphatic hydroxyl groups excluding tert-OH is 1. The predicted molar refractivity (Wildman–Crippen MR) is 68.1 cm³/mol. The van der Waals surface area contributed by atoms with Gasteiger partial charge in [-0.1, -0.05) is 6.07 Å². The third-order valence-corrected chi connectivity index (χ3v) is 2.74. The van der Waals surface area contributed by atoms with Crippen LogP contribution in [0.5, 0.6) is 11.5 Å². The molecule has 0 saturated heterocycles. The highest BCUT2D eigenvalue weighted by atomic mass is 16.5. The second-order valence-corrected chi connectivity index (χ2v) is 4.65. The molecule has 0 aliphatic carbocycles. The molecule has 0 spiro atoms. The van der Waals surface area contributed by atoms with E-state index in [0.29, 0.717) is 19.0 Å². The molecule has 0 radical (unpaired) electrons. The summed E-state index contributed by atoms with van der Waals surface area (Å²) in [7, 11) is 0. The van der Waals surface area contributed by atoms with Gasteiger partial charge in [0.15, 0.2) is 11.5 Å². The lowest BCUT2D eigenvalue weighted by Gasteiger charge is -2.15. The minimum absolute atomic E-state index is 0.111. The van der Waals surface area contributed by atoms with Gasteiger partial charge < -0.3 is 19.3 Å². The lowest BCUT2D eigenvalue weighted by atomic mass is 10.1. The molecule has 1 aromatic carbocycles. The molecule has 1 aliphatic rings. The molecule has 0 amide bonds. The third-order valence-electron chi connectivity index (χ3n) is 2.74. The van der Waals surface area contributed by atoms with Crippen LogP contribution >= 0.6 is 0 Å². The summed E-state index contributed by atoms with van der Waals surface area (Å²) in [5, 5.41) is 10.0. The average molecular weight is 252 g/mol. The third kappa shape index (κ3) is 3.37. The second kappa shape index (κ2) is 6.07. The number of fused-ring (bicyclic) bond motifs is 1. The van der Waals surface area contributed by atoms with E-state index >= 15 is 0 Å². The summed E-state index contributed by atoms with van der Waals surface area (Å²) in [6.45, 7) is 5.50. The Morgan fingerprint density at radius 1 is 1.22 bits per heavy atom. The second-order valence-electron chi connectivity index (χ2n) is 4.65. The molecule has 1 heterocycles. The molecule has 1 N–H and O–H groups in total. The molecule has 1 atom stereocenters. The van der Waals surface area contributed by atoms with E-state index in [1.807, 2.05) is 32.0 Å². The van der Waals surface area contributed by atoms with Gasteiger partial charge in [-0.25, -0.2) is 0 Å². The number of rotatable bonds is 4. The Balaban J connectivity index is 2.07. The molecule has 0 aromatic heterocycles. The summed E-state index contributed by atoms with van der Waals surface area (Å²) < 4.78 is 16.5. The van der Waals surface area contributed by atoms with Gasteiger partial charge in [0.2, 0.25) is 0 Å². The van der Waals surface area contributed by atoms with Gasteiger partial charge in [-0.3, -0.25) is 0 Å². The Bertz CT molecular complexity index is 389. The van der Waals surface area contributed by atoms with Crippen molar-refractivity contribution in [3.8, 4) is 11.5 Å². The quantitative estimate of drug-likeness (QED) is 0.893. The van der Waals surface area contributed by atoms with Crippen LogP contribution in [0.4, 0.5) is 0 Å². The van der Waals surface area contributed by atoms with Crippen molar-refractivity contribution in [1.29, 1.82) is 0 Å². The summed E-state index contributed by atoms with van der Waals surface area (Å²) in [5.74, 6) is 1.45. The van der Waals surface area contributed by atoms with Crippen LogP contribution in [-0.4, -0.2) is 31.0 Å². The first-order valence-corrected chi connectivity index (χ1v) is 6.36. The Morgan fingerprint density at radius 2 is 1.94 bits per heavy atom. The topological polar surface area (TPSA) is 47.9 Å². The van der Waals surface area contributed by atoms with Gasteiger partial charge in [-0.15, -0.1) is 0 Å². The fourth-order valence-electron chi connectivity index (χ4n) is 1.77. The van der Waals surface area contributed by atoms with E-state index in [2.05, 4.69) is 0 Å². The van der Waals surface area contributed by atoms with E-state index in [4.69, 9.17) is 14.2 Å². The molecule has 4 heteroatoms. The lowest BCUT2D eigenvalue weighted by Crippen LogP contribution is -2.12. The highest BCUT2D eigenvalue weighted by Crippen LogP contribution is 2.32. The zero-order valence-electron chi connectivity index (χ0n) is 10.9. The SMILES string of the molecule is CC(C)OCC(O)c1ccc2c(c1)OCCCO2. The van der Waals surface area contributed by atoms with E-state index < -0.39 is 6.10 Å². The lowest BCUT2D eigenvalue weighted by molar-refractivity contribution is 0.00484. The predicted octanol–water partition coefficient (Wildman–Crippen LogP) is 2.31. The molecule has 2 rings (SSSR count). The highest BCUT2D eigenvalue weighted by molar-refractivity contribution is 5.44. The van der Waals surface area contributed by atoms with Crippen LogP contribution in [-0.2, 0) is 4.74 Å². The minimum Gasteiger partial charge on any atom is -0.490 e. The average Bonchev–Trinajstić information content (AvgIpc) is 2.60. The molecule has 100 valence electrons. The van der Waals surface area contributed by atoms with Crippen LogP contribution in [0.2, 0.25) is 0 Å². The van der Waals surface area contributed by atoms with Crippen LogP contribution in [0, 0.1) is 0 Å². The number of aliphatic hydroxyl groups is 1. The maximum absolute atomic E-state index is 10.0. The van der Waals surface area contributed by atoms with Gasteiger partial charge in [0.1, 0.15) is 6.10 Å². The van der Waals surface area contributed by atoms with Gasteiger partial charge >= 0.3 is 0 Å². The summed E-state index contributed by atoms with van der Waals surface area (Å²) in [6.07, 6.45) is 0.354. The maximum atomic E-state index is 10.0. The number of hydrogen-bond acceptors (Lipinski definition) is 4. The van der Waals surface area contributed by atoms with Crippen LogP contribution in [0.15, 0.2) is 18.2 Å². The van der Waals surface area contributed by atoms with Crippen molar-refractivity contribution in [3.63, 3.8) is 0 Å². The molecular formula is C14H20O4. The van der Waals surface area contributed by atoms with Crippen molar-refractivity contribution >= 4 is 0 Å². The molecule has 1 aliphatic heterocycles. The molecule has 1 unspecified atom stereocenters. The Hall–Kier alpha value is -1.26. The van der Waals surface area contributed by atoms with E-state index in [1.165, 1.54) is 0 Å². The normalized spacial score (nSPS) is 16.4. The summed E-state index contributed by atoms with van der Waals surface area (Å²) in [5.41, 5.74) is 0.792. The fourth-order valence-corrected chi connectivity index (χ4v) is 1.77.